The van der Waals surface area contributed by atoms with Crippen molar-refractivity contribution < 1.29 is 9.59 Å². The van der Waals surface area contributed by atoms with Crippen LogP contribution in [0.2, 0.25) is 0 Å². The van der Waals surface area contributed by atoms with E-state index in [1.165, 1.54) is 29.7 Å². The molecule has 0 spiro atoms. The highest BCUT2D eigenvalue weighted by Gasteiger charge is 2.16. The maximum absolute atomic E-state index is 12.2. The summed E-state index contributed by atoms with van der Waals surface area (Å²) in [6, 6.07) is 1.97. The lowest BCUT2D eigenvalue weighted by Crippen LogP contribution is -2.41. The summed E-state index contributed by atoms with van der Waals surface area (Å²) in [5.74, 6) is -0.437. The third kappa shape index (κ3) is 4.23. The second kappa shape index (κ2) is 7.61. The van der Waals surface area contributed by atoms with Crippen molar-refractivity contribution in [1.29, 1.82) is 0 Å². The van der Waals surface area contributed by atoms with Gasteiger partial charge in [-0.25, -0.2) is 0 Å². The molecule has 0 aromatic carbocycles. The summed E-state index contributed by atoms with van der Waals surface area (Å²) in [5.41, 5.74) is 7.31. The molecule has 2 heterocycles. The molecule has 0 unspecified atom stereocenters. The highest BCUT2D eigenvalue weighted by atomic mass is 32.1. The number of aromatic nitrogens is 2. The number of hydrogen-bond donors (Lipinski definition) is 2. The number of fused-ring (bicyclic) bond motifs is 1. The van der Waals surface area contributed by atoms with Crippen LogP contribution < -0.4 is 10.9 Å². The SMILES string of the molecule is Cn1cc(CCC(=O)NNC(=O)c2cc3c(s2)CCCCC3)cn1. The second-order valence-corrected chi connectivity index (χ2v) is 7.28. The minimum Gasteiger partial charge on any atom is -0.276 e. The van der Waals surface area contributed by atoms with Gasteiger partial charge < -0.3 is 0 Å². The van der Waals surface area contributed by atoms with Gasteiger partial charge in [-0.2, -0.15) is 5.10 Å². The zero-order valence-electron chi connectivity index (χ0n) is 13.8. The molecule has 7 heteroatoms. The molecule has 0 radical (unpaired) electrons. The Kier molecular flexibility index (Phi) is 5.30. The predicted octanol–water partition coefficient (Wildman–Crippen LogP) is 2.14. The van der Waals surface area contributed by atoms with Gasteiger partial charge >= 0.3 is 0 Å². The number of hydrazine groups is 1. The van der Waals surface area contributed by atoms with E-state index in [1.54, 1.807) is 22.2 Å². The lowest BCUT2D eigenvalue weighted by Gasteiger charge is -2.05. The maximum atomic E-state index is 12.2. The molecule has 6 nitrogen and oxygen atoms in total. The summed E-state index contributed by atoms with van der Waals surface area (Å²) >= 11 is 1.55. The molecule has 2 aromatic rings. The summed E-state index contributed by atoms with van der Waals surface area (Å²) in [7, 11) is 1.84. The van der Waals surface area contributed by atoms with Gasteiger partial charge in [0.05, 0.1) is 11.1 Å². The van der Waals surface area contributed by atoms with Crippen molar-refractivity contribution in [3.8, 4) is 0 Å². The molecule has 24 heavy (non-hydrogen) atoms. The van der Waals surface area contributed by atoms with Crippen LogP contribution in [-0.4, -0.2) is 21.6 Å². The number of hydrogen-bond acceptors (Lipinski definition) is 4. The van der Waals surface area contributed by atoms with Crippen LogP contribution in [0.3, 0.4) is 0 Å². The van der Waals surface area contributed by atoms with Crippen molar-refractivity contribution >= 4 is 23.2 Å². The monoisotopic (exact) mass is 346 g/mol. The second-order valence-electron chi connectivity index (χ2n) is 6.14. The fraction of sp³-hybridized carbons (Fsp3) is 0.471. The molecule has 2 amide bonds. The number of nitrogens with one attached hydrogen (secondary N) is 2. The lowest BCUT2D eigenvalue weighted by molar-refractivity contribution is -0.121. The predicted molar refractivity (Wildman–Crippen MR) is 92.7 cm³/mol. The molecular formula is C17H22N4O2S. The fourth-order valence-electron chi connectivity index (χ4n) is 2.89. The summed E-state index contributed by atoms with van der Waals surface area (Å²) in [6.45, 7) is 0. The number of amides is 2. The molecule has 128 valence electrons. The Labute approximate surface area is 145 Å². The zero-order chi connectivity index (χ0) is 16.9. The van der Waals surface area contributed by atoms with E-state index >= 15 is 0 Å². The molecule has 0 saturated heterocycles. The van der Waals surface area contributed by atoms with Crippen LogP contribution in [0.25, 0.3) is 0 Å². The van der Waals surface area contributed by atoms with Crippen molar-refractivity contribution in [1.82, 2.24) is 20.6 Å². The van der Waals surface area contributed by atoms with Crippen LogP contribution in [0.15, 0.2) is 18.5 Å². The standard InChI is InChI=1S/C17H22N4O2S/c1-21-11-12(10-18-21)7-8-16(22)19-20-17(23)15-9-13-5-3-2-4-6-14(13)24-15/h9-11H,2-8H2,1H3,(H,19,22)(H,20,23). The molecule has 3 rings (SSSR count). The molecular weight excluding hydrogens is 324 g/mol. The highest BCUT2D eigenvalue weighted by Crippen LogP contribution is 2.28. The largest absolute Gasteiger partial charge is 0.279 e. The van der Waals surface area contributed by atoms with Crippen LogP contribution in [0.5, 0.6) is 0 Å². The number of nitrogens with zero attached hydrogens (tertiary/aromatic N) is 2. The van der Waals surface area contributed by atoms with Crippen LogP contribution in [-0.2, 0) is 31.1 Å². The number of carbonyl (C=O) groups is 2. The Morgan fingerprint density at radius 3 is 2.88 bits per heavy atom. The van der Waals surface area contributed by atoms with Gasteiger partial charge in [-0.15, -0.1) is 11.3 Å². The van der Waals surface area contributed by atoms with E-state index in [1.807, 2.05) is 19.3 Å². The Hall–Kier alpha value is -2.15. The van der Waals surface area contributed by atoms with Crippen molar-refractivity contribution in [2.45, 2.75) is 44.9 Å². The van der Waals surface area contributed by atoms with Gasteiger partial charge in [-0.1, -0.05) is 6.42 Å². The average Bonchev–Trinajstić information content (AvgIpc) is 3.11. The Bertz CT molecular complexity index is 711. The van der Waals surface area contributed by atoms with E-state index in [0.29, 0.717) is 17.7 Å². The van der Waals surface area contributed by atoms with Gasteiger partial charge in [0.25, 0.3) is 5.91 Å². The smallest absolute Gasteiger partial charge is 0.276 e. The van der Waals surface area contributed by atoms with Crippen LogP contribution in [0, 0.1) is 0 Å². The summed E-state index contributed by atoms with van der Waals surface area (Å²) in [5, 5.41) is 4.06. The quantitative estimate of drug-likeness (QED) is 0.658. The van der Waals surface area contributed by atoms with Crippen molar-refractivity contribution in [3.05, 3.63) is 39.3 Å². The van der Waals surface area contributed by atoms with Gasteiger partial charge in [-0.3, -0.25) is 25.1 Å². The summed E-state index contributed by atoms with van der Waals surface area (Å²) in [4.78, 5) is 26.0. The Morgan fingerprint density at radius 1 is 1.25 bits per heavy atom. The zero-order valence-corrected chi connectivity index (χ0v) is 14.6. The molecule has 1 aliphatic carbocycles. The van der Waals surface area contributed by atoms with Gasteiger partial charge in [0.2, 0.25) is 5.91 Å². The lowest BCUT2D eigenvalue weighted by atomic mass is 10.1. The number of carbonyl (C=O) groups excluding carboxylic acids is 2. The van der Waals surface area contributed by atoms with Crippen LogP contribution in [0.4, 0.5) is 0 Å². The maximum Gasteiger partial charge on any atom is 0.279 e. The van der Waals surface area contributed by atoms with Crippen molar-refractivity contribution in [3.63, 3.8) is 0 Å². The van der Waals surface area contributed by atoms with Crippen molar-refractivity contribution in [2.24, 2.45) is 7.05 Å². The van der Waals surface area contributed by atoms with Gasteiger partial charge in [0, 0.05) is 24.5 Å². The van der Waals surface area contributed by atoms with Crippen LogP contribution >= 0.6 is 11.3 Å². The van der Waals surface area contributed by atoms with E-state index in [-0.39, 0.29) is 11.8 Å². The Balaban J connectivity index is 1.47. The van der Waals surface area contributed by atoms with Crippen molar-refractivity contribution in [2.75, 3.05) is 0 Å². The topological polar surface area (TPSA) is 76.0 Å². The third-order valence-corrected chi connectivity index (χ3v) is 5.42. The minimum absolute atomic E-state index is 0.203. The molecule has 2 aromatic heterocycles. The molecule has 2 N–H and O–H groups in total. The normalized spacial score (nSPS) is 13.9. The molecule has 0 aliphatic heterocycles. The van der Waals surface area contributed by atoms with Crippen LogP contribution in [0.1, 0.15) is 51.4 Å². The molecule has 0 fully saturated rings. The van der Waals surface area contributed by atoms with Gasteiger partial charge in [0.15, 0.2) is 0 Å². The van der Waals surface area contributed by atoms with E-state index < -0.39 is 0 Å². The highest BCUT2D eigenvalue weighted by molar-refractivity contribution is 7.14. The number of thiophene rings is 1. The van der Waals surface area contributed by atoms with E-state index in [0.717, 1.165) is 18.4 Å². The van der Waals surface area contributed by atoms with E-state index in [4.69, 9.17) is 0 Å². The average molecular weight is 346 g/mol. The van der Waals surface area contributed by atoms with Gasteiger partial charge in [0.1, 0.15) is 0 Å². The molecule has 0 saturated carbocycles. The first-order chi connectivity index (χ1) is 11.6. The number of rotatable bonds is 4. The van der Waals surface area contributed by atoms with E-state index in [2.05, 4.69) is 16.0 Å². The Morgan fingerprint density at radius 2 is 2.08 bits per heavy atom. The first kappa shape index (κ1) is 16.7. The summed E-state index contributed by atoms with van der Waals surface area (Å²) in [6.07, 6.45) is 10.3. The number of aryl methyl sites for hydroxylation is 4. The fourth-order valence-corrected chi connectivity index (χ4v) is 4.04. The summed E-state index contributed by atoms with van der Waals surface area (Å²) < 4.78 is 1.70. The first-order valence-corrected chi connectivity index (χ1v) is 9.12. The van der Waals surface area contributed by atoms with Gasteiger partial charge in [-0.05, 0) is 49.3 Å². The first-order valence-electron chi connectivity index (χ1n) is 8.30. The van der Waals surface area contributed by atoms with E-state index in [9.17, 15) is 9.59 Å². The minimum atomic E-state index is -0.234. The molecule has 1 aliphatic rings. The third-order valence-electron chi connectivity index (χ3n) is 4.18. The molecule has 0 bridgehead atoms. The molecule has 0 atom stereocenters.